The fourth-order valence-corrected chi connectivity index (χ4v) is 5.37. The van der Waals surface area contributed by atoms with Crippen LogP contribution >= 0.6 is 27.3 Å². The molecular weight excluding hydrogens is 554 g/mol. The molecule has 37 heavy (non-hydrogen) atoms. The number of aromatic nitrogens is 2. The number of hydrogen-bond donors (Lipinski definition) is 1. The van der Waals surface area contributed by atoms with Crippen LogP contribution in [0.1, 0.15) is 33.3 Å². The molecule has 1 aliphatic heterocycles. The van der Waals surface area contributed by atoms with Gasteiger partial charge in [-0.3, -0.25) is 14.5 Å². The molecule has 1 aliphatic rings. The van der Waals surface area contributed by atoms with Gasteiger partial charge in [0.2, 0.25) is 5.13 Å². The second-order valence-corrected chi connectivity index (χ2v) is 10.7. The zero-order chi connectivity index (χ0) is 26.1. The summed E-state index contributed by atoms with van der Waals surface area (Å²) in [6.07, 6.45) is 0. The van der Waals surface area contributed by atoms with E-state index in [-0.39, 0.29) is 11.3 Å². The number of carbonyl (C=O) groups is 2. The molecule has 0 bridgehead atoms. The summed E-state index contributed by atoms with van der Waals surface area (Å²) in [6.45, 7) is 4.20. The first kappa shape index (κ1) is 24.9. The Balaban J connectivity index is 1.50. The molecule has 1 fully saturated rings. The van der Waals surface area contributed by atoms with E-state index in [9.17, 15) is 14.7 Å². The van der Waals surface area contributed by atoms with Gasteiger partial charge >= 0.3 is 5.91 Å². The van der Waals surface area contributed by atoms with Crippen molar-refractivity contribution < 1.29 is 19.4 Å². The van der Waals surface area contributed by atoms with Gasteiger partial charge < -0.3 is 9.84 Å². The van der Waals surface area contributed by atoms with Crippen molar-refractivity contribution in [1.82, 2.24) is 10.2 Å². The van der Waals surface area contributed by atoms with Gasteiger partial charge in [-0.1, -0.05) is 69.2 Å². The first-order chi connectivity index (χ1) is 17.8. The van der Waals surface area contributed by atoms with Gasteiger partial charge in [0, 0.05) is 10.0 Å². The molecule has 1 saturated heterocycles. The predicted octanol–water partition coefficient (Wildman–Crippen LogP) is 6.12. The molecule has 5 rings (SSSR count). The van der Waals surface area contributed by atoms with Crippen molar-refractivity contribution in [1.29, 1.82) is 0 Å². The van der Waals surface area contributed by atoms with Crippen LogP contribution in [0.5, 0.6) is 5.75 Å². The molecule has 0 unspecified atom stereocenters. The van der Waals surface area contributed by atoms with Crippen molar-refractivity contribution in [2.75, 3.05) is 4.90 Å². The number of aliphatic hydroxyl groups excluding tert-OH is 1. The van der Waals surface area contributed by atoms with Gasteiger partial charge in [0.05, 0.1) is 11.6 Å². The maximum Gasteiger partial charge on any atom is 0.301 e. The highest BCUT2D eigenvalue weighted by molar-refractivity contribution is 9.10. The monoisotopic (exact) mass is 575 g/mol. The fourth-order valence-electron chi connectivity index (χ4n) is 4.24. The Labute approximate surface area is 226 Å². The van der Waals surface area contributed by atoms with Gasteiger partial charge in [-0.25, -0.2) is 0 Å². The van der Waals surface area contributed by atoms with E-state index < -0.39 is 17.7 Å². The molecule has 1 amide bonds. The summed E-state index contributed by atoms with van der Waals surface area (Å²) in [6, 6.07) is 21.3. The number of ketones is 1. The summed E-state index contributed by atoms with van der Waals surface area (Å²) in [7, 11) is 0. The third kappa shape index (κ3) is 5.05. The molecule has 0 aliphatic carbocycles. The molecule has 1 N–H and O–H groups in total. The molecule has 186 valence electrons. The van der Waals surface area contributed by atoms with E-state index in [0.29, 0.717) is 33.6 Å². The topological polar surface area (TPSA) is 92.6 Å². The lowest BCUT2D eigenvalue weighted by Gasteiger charge is -2.22. The number of rotatable bonds is 6. The molecule has 1 atom stereocenters. The van der Waals surface area contributed by atoms with Crippen LogP contribution in [0.3, 0.4) is 0 Å². The highest BCUT2D eigenvalue weighted by atomic mass is 79.9. The smallest absolute Gasteiger partial charge is 0.301 e. The van der Waals surface area contributed by atoms with Crippen LogP contribution in [0.15, 0.2) is 82.8 Å². The van der Waals surface area contributed by atoms with Gasteiger partial charge in [-0.2, -0.15) is 0 Å². The van der Waals surface area contributed by atoms with Crippen molar-refractivity contribution in [3.63, 3.8) is 0 Å². The Hall–Kier alpha value is -3.82. The summed E-state index contributed by atoms with van der Waals surface area (Å²) in [5, 5.41) is 20.4. The van der Waals surface area contributed by atoms with Crippen LogP contribution in [0.2, 0.25) is 0 Å². The second kappa shape index (κ2) is 10.3. The third-order valence-electron chi connectivity index (χ3n) is 5.95. The Bertz CT molecular complexity index is 1530. The van der Waals surface area contributed by atoms with E-state index >= 15 is 0 Å². The first-order valence-corrected chi connectivity index (χ1v) is 13.1. The van der Waals surface area contributed by atoms with E-state index in [1.165, 1.54) is 16.2 Å². The molecule has 0 saturated carbocycles. The summed E-state index contributed by atoms with van der Waals surface area (Å²) >= 11 is 4.67. The van der Waals surface area contributed by atoms with Crippen LogP contribution in [-0.2, 0) is 16.2 Å². The number of benzene rings is 3. The molecular formula is C28H22BrN3O4S. The number of anilines is 1. The zero-order valence-electron chi connectivity index (χ0n) is 20.0. The Morgan fingerprint density at radius 3 is 2.46 bits per heavy atom. The Morgan fingerprint density at radius 1 is 1.03 bits per heavy atom. The maximum absolute atomic E-state index is 13.2. The van der Waals surface area contributed by atoms with Crippen molar-refractivity contribution in [3.8, 4) is 5.75 Å². The first-order valence-electron chi connectivity index (χ1n) is 11.5. The van der Waals surface area contributed by atoms with Gasteiger partial charge in [-0.15, -0.1) is 10.2 Å². The number of aryl methyl sites for hydroxylation is 2. The summed E-state index contributed by atoms with van der Waals surface area (Å²) in [5.41, 5.74) is 3.24. The average molecular weight is 576 g/mol. The number of nitrogens with zero attached hydrogens (tertiary/aromatic N) is 3. The predicted molar refractivity (Wildman–Crippen MR) is 146 cm³/mol. The lowest BCUT2D eigenvalue weighted by molar-refractivity contribution is -0.132. The molecule has 4 aromatic rings. The third-order valence-corrected chi connectivity index (χ3v) is 7.28. The van der Waals surface area contributed by atoms with Crippen molar-refractivity contribution in [2.24, 2.45) is 0 Å². The zero-order valence-corrected chi connectivity index (χ0v) is 22.4. The van der Waals surface area contributed by atoms with E-state index in [4.69, 9.17) is 4.74 Å². The van der Waals surface area contributed by atoms with Crippen molar-refractivity contribution in [3.05, 3.63) is 110 Å². The van der Waals surface area contributed by atoms with E-state index in [2.05, 4.69) is 32.2 Å². The lowest BCUT2D eigenvalue weighted by Crippen LogP contribution is -2.29. The van der Waals surface area contributed by atoms with Crippen LogP contribution in [0, 0.1) is 13.8 Å². The molecule has 7 nitrogen and oxygen atoms in total. The van der Waals surface area contributed by atoms with Crippen LogP contribution in [-0.4, -0.2) is 27.0 Å². The lowest BCUT2D eigenvalue weighted by atomic mass is 9.95. The number of hydrogen-bond acceptors (Lipinski definition) is 7. The minimum atomic E-state index is -0.859. The van der Waals surface area contributed by atoms with Crippen LogP contribution in [0.4, 0.5) is 5.13 Å². The minimum absolute atomic E-state index is 0.00983. The van der Waals surface area contributed by atoms with E-state index in [1.54, 1.807) is 37.3 Å². The van der Waals surface area contributed by atoms with E-state index in [0.717, 1.165) is 15.6 Å². The molecule has 0 spiro atoms. The summed E-state index contributed by atoms with van der Waals surface area (Å²) < 4.78 is 6.66. The van der Waals surface area contributed by atoms with Gasteiger partial charge in [0.15, 0.2) is 0 Å². The molecule has 0 radical (unpaired) electrons. The highest BCUT2D eigenvalue weighted by Crippen LogP contribution is 2.43. The van der Waals surface area contributed by atoms with Crippen molar-refractivity contribution in [2.45, 2.75) is 26.5 Å². The van der Waals surface area contributed by atoms with E-state index in [1.807, 2.05) is 43.3 Å². The molecule has 3 aromatic carbocycles. The largest absolute Gasteiger partial charge is 0.507 e. The summed E-state index contributed by atoms with van der Waals surface area (Å²) in [5.74, 6) is -1.19. The maximum atomic E-state index is 13.2. The number of halogens is 1. The standard InChI is InChI=1S/C28H22BrN3O4S/c1-16-5-3-6-18(13-16)15-36-22-11-9-19(10-12-22)25(33)23-24(20-7-4-8-21(29)14-20)32(27(35)26(23)34)28-31-30-17(2)37-28/h3-14,24,33H,15H2,1-2H3/t24-/m0/s1. The molecule has 2 heterocycles. The minimum Gasteiger partial charge on any atom is -0.507 e. The highest BCUT2D eigenvalue weighted by Gasteiger charge is 2.48. The fraction of sp³-hybridized carbons (Fsp3) is 0.143. The van der Waals surface area contributed by atoms with Gasteiger partial charge in [0.25, 0.3) is 5.78 Å². The van der Waals surface area contributed by atoms with Gasteiger partial charge in [0.1, 0.15) is 23.1 Å². The Morgan fingerprint density at radius 2 is 1.78 bits per heavy atom. The molecule has 9 heteroatoms. The quantitative estimate of drug-likeness (QED) is 0.169. The number of amides is 1. The number of carbonyl (C=O) groups excluding carboxylic acids is 2. The Kier molecular flexibility index (Phi) is 6.90. The van der Waals surface area contributed by atoms with Crippen LogP contribution in [0.25, 0.3) is 5.76 Å². The second-order valence-electron chi connectivity index (χ2n) is 8.63. The number of aliphatic hydroxyl groups is 1. The number of Topliss-reactive ketones (excluding diaryl/α,β-unsaturated/α-hetero) is 1. The average Bonchev–Trinajstić information content (AvgIpc) is 3.43. The SMILES string of the molecule is Cc1cccc(COc2ccc(C(O)=C3C(=O)C(=O)N(c4nnc(C)s4)[C@H]3c3cccc(Br)c3)cc2)c1. The van der Waals surface area contributed by atoms with Crippen molar-refractivity contribution >= 4 is 49.8 Å². The normalized spacial score (nSPS) is 16.8. The number of ether oxygens (including phenoxy) is 1. The summed E-state index contributed by atoms with van der Waals surface area (Å²) in [4.78, 5) is 27.7. The molecule has 1 aromatic heterocycles. The van der Waals surface area contributed by atoms with Gasteiger partial charge in [-0.05, 0) is 61.4 Å². The van der Waals surface area contributed by atoms with Crippen LogP contribution < -0.4 is 9.64 Å².